The van der Waals surface area contributed by atoms with Crippen molar-refractivity contribution in [1.29, 1.82) is 0 Å². The van der Waals surface area contributed by atoms with E-state index in [0.717, 1.165) is 69.8 Å². The van der Waals surface area contributed by atoms with Crippen molar-refractivity contribution in [2.75, 3.05) is 26.7 Å². The van der Waals surface area contributed by atoms with Gasteiger partial charge in [-0.1, -0.05) is 64.5 Å². The molecule has 1 saturated heterocycles. The van der Waals surface area contributed by atoms with Crippen LogP contribution >= 0.6 is 0 Å². The standard InChI is InChI=1S/C36H55FN4O2/c1-5-41-34(22-31(38-41)19-26-11-8-6-7-9-12-26)27-15-17-40(18-16-27)24-29-21-32(39(4)35(25(2)3)36(42)43)23-33(29)28-13-10-14-30(37)20-28/h10,13-14,20,22,25-27,29,32-33,35H,5-9,11-12,15-19,21,23-24H2,1-4H3,(H,42,43)/t29?,32?,33?,35-/m1/s1. The van der Waals surface area contributed by atoms with E-state index in [0.29, 0.717) is 11.8 Å². The number of carbonyl (C=O) groups is 1. The summed E-state index contributed by atoms with van der Waals surface area (Å²) in [5, 5.41) is 15.0. The molecule has 3 unspecified atom stereocenters. The van der Waals surface area contributed by atoms with Gasteiger partial charge >= 0.3 is 5.97 Å². The van der Waals surface area contributed by atoms with Crippen LogP contribution in [0.2, 0.25) is 0 Å². The van der Waals surface area contributed by atoms with Crippen molar-refractivity contribution >= 4 is 5.97 Å². The number of likely N-dealkylation sites (N-methyl/N-ethyl adjacent to an activating group) is 1. The van der Waals surface area contributed by atoms with E-state index < -0.39 is 12.0 Å². The highest BCUT2D eigenvalue weighted by atomic mass is 19.1. The van der Waals surface area contributed by atoms with Crippen LogP contribution in [0.15, 0.2) is 30.3 Å². The highest BCUT2D eigenvalue weighted by molar-refractivity contribution is 5.73. The van der Waals surface area contributed by atoms with Gasteiger partial charge in [0.1, 0.15) is 11.9 Å². The number of rotatable bonds is 11. The first-order valence-corrected chi connectivity index (χ1v) is 17.2. The van der Waals surface area contributed by atoms with E-state index in [1.54, 1.807) is 6.07 Å². The Morgan fingerprint density at radius 2 is 1.79 bits per heavy atom. The van der Waals surface area contributed by atoms with E-state index in [-0.39, 0.29) is 23.7 Å². The SMILES string of the molecule is CCn1nc(CC2CCCCCC2)cc1C1CCN(CC2CC(N(C)[C@@H](C(=O)O)C(C)C)CC2c2cccc(F)c2)CC1. The van der Waals surface area contributed by atoms with Crippen LogP contribution < -0.4 is 0 Å². The van der Waals surface area contributed by atoms with E-state index in [1.165, 1.54) is 56.0 Å². The van der Waals surface area contributed by atoms with Crippen molar-refractivity contribution < 1.29 is 14.3 Å². The average Bonchev–Trinajstić information content (AvgIpc) is 3.49. The first-order valence-electron chi connectivity index (χ1n) is 17.2. The van der Waals surface area contributed by atoms with Crippen LogP contribution in [0.25, 0.3) is 0 Å². The lowest BCUT2D eigenvalue weighted by molar-refractivity contribution is -0.145. The molecule has 2 saturated carbocycles. The van der Waals surface area contributed by atoms with E-state index >= 15 is 0 Å². The molecule has 0 spiro atoms. The maximum atomic E-state index is 14.3. The predicted molar refractivity (Wildman–Crippen MR) is 171 cm³/mol. The topological polar surface area (TPSA) is 61.6 Å². The summed E-state index contributed by atoms with van der Waals surface area (Å²) in [6.45, 7) is 10.2. The third-order valence-corrected chi connectivity index (χ3v) is 11.0. The van der Waals surface area contributed by atoms with Gasteiger partial charge in [0.2, 0.25) is 0 Å². The van der Waals surface area contributed by atoms with E-state index in [9.17, 15) is 14.3 Å². The Labute approximate surface area is 259 Å². The highest BCUT2D eigenvalue weighted by Crippen LogP contribution is 2.44. The summed E-state index contributed by atoms with van der Waals surface area (Å²) in [5.74, 6) is 1.03. The molecule has 1 aromatic carbocycles. The van der Waals surface area contributed by atoms with Crippen molar-refractivity contribution in [2.45, 2.75) is 122 Å². The Hall–Kier alpha value is -2.25. The van der Waals surface area contributed by atoms with Crippen LogP contribution in [0.5, 0.6) is 0 Å². The number of likely N-dealkylation sites (tertiary alicyclic amines) is 1. The summed E-state index contributed by atoms with van der Waals surface area (Å²) in [4.78, 5) is 16.8. The summed E-state index contributed by atoms with van der Waals surface area (Å²) in [7, 11) is 1.97. The fourth-order valence-corrected chi connectivity index (χ4v) is 8.71. The van der Waals surface area contributed by atoms with Crippen LogP contribution in [0.4, 0.5) is 4.39 Å². The number of nitrogens with zero attached hydrogens (tertiary/aromatic N) is 4. The molecule has 0 amide bonds. The monoisotopic (exact) mass is 594 g/mol. The number of benzene rings is 1. The third-order valence-electron chi connectivity index (χ3n) is 11.0. The average molecular weight is 595 g/mol. The smallest absolute Gasteiger partial charge is 0.321 e. The second-order valence-electron chi connectivity index (χ2n) is 14.3. The fourth-order valence-electron chi connectivity index (χ4n) is 8.71. The van der Waals surface area contributed by atoms with Gasteiger partial charge in [-0.05, 0) is 107 Å². The van der Waals surface area contributed by atoms with Crippen LogP contribution in [0.1, 0.15) is 114 Å². The normalized spacial score (nSPS) is 25.4. The molecule has 2 aliphatic carbocycles. The van der Waals surface area contributed by atoms with Crippen LogP contribution in [-0.4, -0.2) is 69.4 Å². The van der Waals surface area contributed by atoms with Crippen molar-refractivity contribution in [3.8, 4) is 0 Å². The van der Waals surface area contributed by atoms with E-state index in [2.05, 4.69) is 33.5 Å². The number of hydrogen-bond donors (Lipinski definition) is 1. The van der Waals surface area contributed by atoms with Gasteiger partial charge in [0.05, 0.1) is 5.69 Å². The molecule has 7 heteroatoms. The second-order valence-corrected chi connectivity index (χ2v) is 14.3. The quantitative estimate of drug-likeness (QED) is 0.276. The molecule has 1 aromatic heterocycles. The molecule has 3 fully saturated rings. The zero-order valence-electron chi connectivity index (χ0n) is 27.1. The molecule has 238 valence electrons. The molecule has 2 heterocycles. The van der Waals surface area contributed by atoms with Crippen molar-refractivity contribution in [1.82, 2.24) is 19.6 Å². The molecule has 1 aliphatic heterocycles. The molecule has 4 atom stereocenters. The Morgan fingerprint density at radius 3 is 2.42 bits per heavy atom. The fraction of sp³-hybridized carbons (Fsp3) is 0.722. The van der Waals surface area contributed by atoms with E-state index in [1.807, 2.05) is 27.0 Å². The maximum Gasteiger partial charge on any atom is 0.321 e. The molecular formula is C36H55FN4O2. The van der Waals surface area contributed by atoms with Gasteiger partial charge in [-0.3, -0.25) is 14.4 Å². The van der Waals surface area contributed by atoms with Gasteiger partial charge in [0, 0.05) is 30.7 Å². The highest BCUT2D eigenvalue weighted by Gasteiger charge is 2.42. The number of carboxylic acid groups (broad SMARTS) is 1. The minimum Gasteiger partial charge on any atom is -0.480 e. The van der Waals surface area contributed by atoms with Crippen LogP contribution in [0.3, 0.4) is 0 Å². The number of halogens is 1. The maximum absolute atomic E-state index is 14.3. The lowest BCUT2D eigenvalue weighted by Crippen LogP contribution is -2.47. The summed E-state index contributed by atoms with van der Waals surface area (Å²) in [5.41, 5.74) is 3.78. The number of carboxylic acids is 1. The molecule has 0 bridgehead atoms. The van der Waals surface area contributed by atoms with Gasteiger partial charge < -0.3 is 10.0 Å². The molecule has 6 nitrogen and oxygen atoms in total. The van der Waals surface area contributed by atoms with Gasteiger partial charge in [-0.2, -0.15) is 5.10 Å². The number of aliphatic carboxylic acids is 1. The number of piperidine rings is 1. The lowest BCUT2D eigenvalue weighted by Gasteiger charge is -2.35. The summed E-state index contributed by atoms with van der Waals surface area (Å²) in [6, 6.07) is 9.18. The zero-order chi connectivity index (χ0) is 30.5. The first-order chi connectivity index (χ1) is 20.7. The molecule has 2 aromatic rings. The molecule has 5 rings (SSSR count). The van der Waals surface area contributed by atoms with Crippen molar-refractivity contribution in [2.24, 2.45) is 17.8 Å². The number of hydrogen-bond acceptors (Lipinski definition) is 4. The Bertz CT molecular complexity index is 1180. The van der Waals surface area contributed by atoms with Crippen molar-refractivity contribution in [3.63, 3.8) is 0 Å². The molecule has 0 radical (unpaired) electrons. The summed E-state index contributed by atoms with van der Waals surface area (Å²) < 4.78 is 16.6. The van der Waals surface area contributed by atoms with Crippen molar-refractivity contribution in [3.05, 3.63) is 53.1 Å². The lowest BCUT2D eigenvalue weighted by atomic mass is 9.87. The number of aromatic nitrogens is 2. The second kappa shape index (κ2) is 14.7. The Balaban J connectivity index is 1.24. The third kappa shape index (κ3) is 7.89. The molecule has 3 aliphatic rings. The van der Waals surface area contributed by atoms with Gasteiger partial charge in [0.15, 0.2) is 0 Å². The molecule has 43 heavy (non-hydrogen) atoms. The number of aryl methyl sites for hydroxylation is 1. The summed E-state index contributed by atoms with van der Waals surface area (Å²) in [6.07, 6.45) is 13.5. The summed E-state index contributed by atoms with van der Waals surface area (Å²) >= 11 is 0. The Morgan fingerprint density at radius 1 is 1.07 bits per heavy atom. The molecule has 1 N–H and O–H groups in total. The zero-order valence-corrected chi connectivity index (χ0v) is 27.1. The van der Waals surface area contributed by atoms with Crippen LogP contribution in [0, 0.1) is 23.6 Å². The molecular weight excluding hydrogens is 539 g/mol. The van der Waals surface area contributed by atoms with Gasteiger partial charge in [0.25, 0.3) is 0 Å². The minimum atomic E-state index is -0.756. The van der Waals surface area contributed by atoms with E-state index in [4.69, 9.17) is 5.10 Å². The predicted octanol–water partition coefficient (Wildman–Crippen LogP) is 7.34. The Kier molecular flexibility index (Phi) is 11.0. The van der Waals surface area contributed by atoms with Gasteiger partial charge in [-0.15, -0.1) is 0 Å². The largest absolute Gasteiger partial charge is 0.480 e. The minimum absolute atomic E-state index is 0.0254. The first kappa shape index (κ1) is 32.2. The van der Waals surface area contributed by atoms with Crippen LogP contribution in [-0.2, 0) is 17.8 Å². The van der Waals surface area contributed by atoms with Gasteiger partial charge in [-0.25, -0.2) is 4.39 Å².